The van der Waals surface area contributed by atoms with Crippen LogP contribution in [0.25, 0.3) is 0 Å². The van der Waals surface area contributed by atoms with Gasteiger partial charge in [0, 0.05) is 20.2 Å². The Morgan fingerprint density at radius 2 is 2.04 bits per heavy atom. The Morgan fingerprint density at radius 1 is 1.30 bits per heavy atom. The van der Waals surface area contributed by atoms with Crippen LogP contribution in [0.4, 0.5) is 13.2 Å². The number of carbonyl (C=O) groups excluding carboxylic acids is 1. The maximum absolute atomic E-state index is 12.7. The second kappa shape index (κ2) is 6.91. The number of halogens is 3. The van der Waals surface area contributed by atoms with Crippen molar-refractivity contribution in [1.82, 2.24) is 4.90 Å². The van der Waals surface area contributed by atoms with Gasteiger partial charge in [-0.2, -0.15) is 13.2 Å². The molecular formula is C17H22F3NO2. The Kier molecular flexibility index (Phi) is 5.34. The minimum atomic E-state index is -4.39. The van der Waals surface area contributed by atoms with Crippen LogP contribution < -0.4 is 0 Å². The predicted molar refractivity (Wildman–Crippen MR) is 81.0 cm³/mol. The van der Waals surface area contributed by atoms with Crippen molar-refractivity contribution in [2.75, 3.05) is 20.2 Å². The Bertz CT molecular complexity index is 559. The first kappa shape index (κ1) is 17.8. The molecule has 1 amide bonds. The summed E-state index contributed by atoms with van der Waals surface area (Å²) in [4.78, 5) is 14.1. The summed E-state index contributed by atoms with van der Waals surface area (Å²) in [6.07, 6.45) is -1.96. The number of rotatable bonds is 3. The van der Waals surface area contributed by atoms with Gasteiger partial charge in [0.25, 0.3) is 0 Å². The van der Waals surface area contributed by atoms with E-state index in [0.29, 0.717) is 18.7 Å². The molecule has 1 saturated heterocycles. The Labute approximate surface area is 134 Å². The smallest absolute Gasteiger partial charge is 0.378 e. The first-order chi connectivity index (χ1) is 10.7. The summed E-state index contributed by atoms with van der Waals surface area (Å²) in [7, 11) is 1.67. The van der Waals surface area contributed by atoms with Crippen LogP contribution in [0.2, 0.25) is 0 Å². The van der Waals surface area contributed by atoms with Crippen LogP contribution in [0.15, 0.2) is 24.3 Å². The van der Waals surface area contributed by atoms with E-state index in [4.69, 9.17) is 4.74 Å². The van der Waals surface area contributed by atoms with Gasteiger partial charge >= 0.3 is 6.18 Å². The molecule has 0 aromatic heterocycles. The molecule has 1 fully saturated rings. The molecule has 0 radical (unpaired) electrons. The van der Waals surface area contributed by atoms with E-state index in [0.717, 1.165) is 31.4 Å². The summed E-state index contributed by atoms with van der Waals surface area (Å²) in [6, 6.07) is 4.97. The van der Waals surface area contributed by atoms with Crippen molar-refractivity contribution in [1.29, 1.82) is 0 Å². The third kappa shape index (κ3) is 4.70. The molecule has 2 rings (SSSR count). The molecule has 3 nitrogen and oxygen atoms in total. The lowest BCUT2D eigenvalue weighted by Gasteiger charge is -2.26. The molecule has 1 aromatic rings. The average Bonchev–Trinajstić information content (AvgIpc) is 2.69. The van der Waals surface area contributed by atoms with Crippen LogP contribution in [-0.2, 0) is 22.1 Å². The number of ether oxygens (including phenoxy) is 1. The lowest BCUT2D eigenvalue weighted by atomic mass is 9.97. The lowest BCUT2D eigenvalue weighted by Crippen LogP contribution is -2.35. The van der Waals surface area contributed by atoms with Gasteiger partial charge in [-0.3, -0.25) is 4.79 Å². The summed E-state index contributed by atoms with van der Waals surface area (Å²) >= 11 is 0. The molecule has 1 aliphatic heterocycles. The summed E-state index contributed by atoms with van der Waals surface area (Å²) in [6.45, 7) is 3.21. The van der Waals surface area contributed by atoms with Crippen molar-refractivity contribution < 1.29 is 22.7 Å². The fraction of sp³-hybridized carbons (Fsp3) is 0.588. The maximum Gasteiger partial charge on any atom is 0.416 e. The van der Waals surface area contributed by atoms with Gasteiger partial charge < -0.3 is 9.64 Å². The summed E-state index contributed by atoms with van der Waals surface area (Å²) in [5, 5.41) is 0. The van der Waals surface area contributed by atoms with Crippen molar-refractivity contribution in [3.05, 3.63) is 35.4 Å². The Morgan fingerprint density at radius 3 is 2.70 bits per heavy atom. The number of methoxy groups -OCH3 is 1. The zero-order valence-electron chi connectivity index (χ0n) is 13.4. The van der Waals surface area contributed by atoms with E-state index in [1.165, 1.54) is 6.07 Å². The highest BCUT2D eigenvalue weighted by atomic mass is 19.4. The molecule has 6 heteroatoms. The summed E-state index contributed by atoms with van der Waals surface area (Å²) < 4.78 is 43.7. The van der Waals surface area contributed by atoms with Crippen LogP contribution >= 0.6 is 0 Å². The highest BCUT2D eigenvalue weighted by molar-refractivity contribution is 5.78. The number of hydrogen-bond acceptors (Lipinski definition) is 2. The van der Waals surface area contributed by atoms with Gasteiger partial charge in [-0.25, -0.2) is 0 Å². The number of benzene rings is 1. The van der Waals surface area contributed by atoms with E-state index < -0.39 is 11.7 Å². The van der Waals surface area contributed by atoms with Gasteiger partial charge in [-0.1, -0.05) is 18.2 Å². The van der Waals surface area contributed by atoms with Crippen LogP contribution in [0.3, 0.4) is 0 Å². The van der Waals surface area contributed by atoms with Crippen LogP contribution in [0.1, 0.15) is 37.3 Å². The second-order valence-corrected chi connectivity index (χ2v) is 6.26. The number of likely N-dealkylation sites (tertiary alicyclic amines) is 1. The van der Waals surface area contributed by atoms with E-state index in [9.17, 15) is 18.0 Å². The Hall–Kier alpha value is -1.56. The molecule has 1 heterocycles. The molecule has 1 aliphatic rings. The number of hydrogen-bond donors (Lipinski definition) is 0. The molecule has 23 heavy (non-hydrogen) atoms. The van der Waals surface area contributed by atoms with Gasteiger partial charge in [0.15, 0.2) is 0 Å². The van der Waals surface area contributed by atoms with E-state index >= 15 is 0 Å². The number of amides is 1. The number of alkyl halides is 3. The molecule has 0 bridgehead atoms. The summed E-state index contributed by atoms with van der Waals surface area (Å²) in [5.41, 5.74) is -0.556. The fourth-order valence-electron chi connectivity index (χ4n) is 2.85. The van der Waals surface area contributed by atoms with E-state index in [-0.39, 0.29) is 17.9 Å². The molecule has 1 aromatic carbocycles. The van der Waals surface area contributed by atoms with Gasteiger partial charge in [0.1, 0.15) is 0 Å². The zero-order valence-corrected chi connectivity index (χ0v) is 13.4. The second-order valence-electron chi connectivity index (χ2n) is 6.26. The molecule has 1 atom stereocenters. The van der Waals surface area contributed by atoms with E-state index in [2.05, 4.69) is 0 Å². The molecule has 0 spiro atoms. The van der Waals surface area contributed by atoms with Gasteiger partial charge in [0.05, 0.1) is 17.6 Å². The van der Waals surface area contributed by atoms with Crippen LogP contribution in [0, 0.1) is 0 Å². The predicted octanol–water partition coefficient (Wildman–Crippen LogP) is 3.67. The minimum absolute atomic E-state index is 0.00633. The average molecular weight is 329 g/mol. The van der Waals surface area contributed by atoms with Crippen LogP contribution in [0.5, 0.6) is 0 Å². The SMILES string of the molecule is CO[C@]1(C)CCCN(C(=O)Cc2cccc(C(F)(F)F)c2)CC1. The van der Waals surface area contributed by atoms with Crippen molar-refractivity contribution >= 4 is 5.91 Å². The molecule has 0 saturated carbocycles. The summed E-state index contributed by atoms with van der Waals surface area (Å²) in [5.74, 6) is -0.135. The van der Waals surface area contributed by atoms with Gasteiger partial charge in [-0.15, -0.1) is 0 Å². The first-order valence-electron chi connectivity index (χ1n) is 7.73. The third-order valence-electron chi connectivity index (χ3n) is 4.50. The van der Waals surface area contributed by atoms with Gasteiger partial charge in [-0.05, 0) is 37.8 Å². The van der Waals surface area contributed by atoms with Crippen molar-refractivity contribution in [3.63, 3.8) is 0 Å². The highest BCUT2D eigenvalue weighted by Gasteiger charge is 2.31. The largest absolute Gasteiger partial charge is 0.416 e. The van der Waals surface area contributed by atoms with E-state index in [1.807, 2.05) is 6.92 Å². The monoisotopic (exact) mass is 329 g/mol. The topological polar surface area (TPSA) is 29.5 Å². The van der Waals surface area contributed by atoms with Crippen molar-refractivity contribution in [2.24, 2.45) is 0 Å². The number of carbonyl (C=O) groups is 1. The lowest BCUT2D eigenvalue weighted by molar-refractivity contribution is -0.138. The molecular weight excluding hydrogens is 307 g/mol. The van der Waals surface area contributed by atoms with Crippen molar-refractivity contribution in [3.8, 4) is 0 Å². The normalized spacial score (nSPS) is 22.7. The molecule has 0 unspecified atom stereocenters. The van der Waals surface area contributed by atoms with Crippen molar-refractivity contribution in [2.45, 2.75) is 44.4 Å². The fourth-order valence-corrected chi connectivity index (χ4v) is 2.85. The quantitative estimate of drug-likeness (QED) is 0.847. The standard InChI is InChI=1S/C17H22F3NO2/c1-16(23-2)7-4-9-21(10-8-16)15(22)12-13-5-3-6-14(11-13)17(18,19)20/h3,5-6,11H,4,7-10,12H2,1-2H3/t16-/m1/s1. The zero-order chi connectivity index (χ0) is 17.1. The Balaban J connectivity index is 2.02. The minimum Gasteiger partial charge on any atom is -0.378 e. The molecule has 128 valence electrons. The first-order valence-corrected chi connectivity index (χ1v) is 7.73. The highest BCUT2D eigenvalue weighted by Crippen LogP contribution is 2.30. The third-order valence-corrected chi connectivity index (χ3v) is 4.50. The molecule has 0 aliphatic carbocycles. The van der Waals surface area contributed by atoms with E-state index in [1.54, 1.807) is 18.1 Å². The van der Waals surface area contributed by atoms with Crippen LogP contribution in [-0.4, -0.2) is 36.6 Å². The number of nitrogens with zero attached hydrogens (tertiary/aromatic N) is 1. The maximum atomic E-state index is 12.7. The molecule has 0 N–H and O–H groups in total. The van der Waals surface area contributed by atoms with Gasteiger partial charge in [0.2, 0.25) is 5.91 Å².